The highest BCUT2D eigenvalue weighted by Gasteiger charge is 2.51. The summed E-state index contributed by atoms with van der Waals surface area (Å²) < 4.78 is 23.1. The largest absolute Gasteiger partial charge is 0.481 e. The van der Waals surface area contributed by atoms with Gasteiger partial charge in [-0.3, -0.25) is 9.59 Å². The molecule has 0 aliphatic carbocycles. The third-order valence-corrected chi connectivity index (χ3v) is 12.0. The number of carboxylic acid groups (broad SMARTS) is 1. The summed E-state index contributed by atoms with van der Waals surface area (Å²) in [6.45, 7) is 6.74. The van der Waals surface area contributed by atoms with Crippen LogP contribution in [-0.4, -0.2) is 166 Å². The van der Waals surface area contributed by atoms with E-state index in [0.29, 0.717) is 0 Å². The van der Waals surface area contributed by atoms with Gasteiger partial charge in [-0.25, -0.2) is 0 Å². The summed E-state index contributed by atoms with van der Waals surface area (Å²) in [6, 6.07) is -1.15. The van der Waals surface area contributed by atoms with Crippen LogP contribution in [0.5, 0.6) is 0 Å². The summed E-state index contributed by atoms with van der Waals surface area (Å²) in [5, 5.41) is 118. The van der Waals surface area contributed by atoms with Gasteiger partial charge in [-0.2, -0.15) is 0 Å². The van der Waals surface area contributed by atoms with Gasteiger partial charge in [0.2, 0.25) is 0 Å². The lowest BCUT2D eigenvalue weighted by Crippen LogP contribution is -2.61. The normalized spacial score (nSPS) is 45.5. The number of carboxylic acids is 1. The summed E-state index contributed by atoms with van der Waals surface area (Å²) in [6.07, 6.45) is 3.46. The van der Waals surface area contributed by atoms with Crippen molar-refractivity contribution < 1.29 is 84.7 Å². The first-order valence-corrected chi connectivity index (χ1v) is 22.3. The third kappa shape index (κ3) is 18.6. The molecule has 65 heavy (non-hydrogen) atoms. The quantitative estimate of drug-likeness (QED) is 0.174. The van der Waals surface area contributed by atoms with Gasteiger partial charge >= 0.3 is 11.9 Å². The van der Waals surface area contributed by atoms with Crippen molar-refractivity contribution in [2.75, 3.05) is 0 Å². The van der Waals surface area contributed by atoms with Gasteiger partial charge in [-0.05, 0) is 33.1 Å². The van der Waals surface area contributed by atoms with Gasteiger partial charge in [0.1, 0.15) is 18.1 Å². The number of ether oxygens (including phenoxy) is 4. The maximum Gasteiger partial charge on any atom is 0.311 e. The second-order valence-corrected chi connectivity index (χ2v) is 17.6. The number of hydrogen-bond acceptors (Lipinski definition) is 17. The Labute approximate surface area is 381 Å². The van der Waals surface area contributed by atoms with Crippen molar-refractivity contribution in [2.24, 2.45) is 23.5 Å². The SMILES string of the molecule is C[C@@H]1[C@H](O)[C@@H](C)/C=C/C=C/C=C/C=C/C=C/C=C/C=C/[C@H](OC2O[C@H](C)[C@@H](O)[C@H](N)[C@H]2O)CC2O[C@](O)(C[C@@H](O)C[C@@H](O)[C@H](O)CC[C@@H](O)C[C@@H](O)CC(=O)O[C@H]1C)C[C@H](O)[C@H]2C(=O)O. The van der Waals surface area contributed by atoms with E-state index in [1.165, 1.54) is 13.0 Å². The van der Waals surface area contributed by atoms with Crippen LogP contribution in [0.4, 0.5) is 0 Å². The van der Waals surface area contributed by atoms with Crippen LogP contribution >= 0.6 is 0 Å². The molecule has 0 aromatic rings. The highest BCUT2D eigenvalue weighted by Crippen LogP contribution is 2.38. The zero-order chi connectivity index (χ0) is 48.4. The monoisotopic (exact) mass is 923 g/mol. The van der Waals surface area contributed by atoms with E-state index in [4.69, 9.17) is 24.7 Å². The number of nitrogens with two attached hydrogens (primary N) is 1. The van der Waals surface area contributed by atoms with Crippen LogP contribution < -0.4 is 5.73 Å². The Morgan fingerprint density at radius 3 is 1.82 bits per heavy atom. The van der Waals surface area contributed by atoms with Crippen molar-refractivity contribution in [3.05, 3.63) is 85.1 Å². The van der Waals surface area contributed by atoms with E-state index in [-0.39, 0.29) is 31.6 Å². The third-order valence-electron chi connectivity index (χ3n) is 12.0. The zero-order valence-electron chi connectivity index (χ0n) is 37.6. The number of esters is 1. The molecule has 0 aromatic heterocycles. The fourth-order valence-electron chi connectivity index (χ4n) is 7.97. The Morgan fingerprint density at radius 2 is 1.23 bits per heavy atom. The van der Waals surface area contributed by atoms with E-state index in [9.17, 15) is 65.8 Å². The Balaban J connectivity index is 1.86. The van der Waals surface area contributed by atoms with E-state index in [0.717, 1.165) is 0 Å². The molecule has 0 aromatic carbocycles. The topological polar surface area (TPSA) is 320 Å². The number of rotatable bonds is 3. The molecule has 18 heteroatoms. The predicted molar refractivity (Wildman–Crippen MR) is 237 cm³/mol. The minimum absolute atomic E-state index is 0.107. The van der Waals surface area contributed by atoms with Gasteiger partial charge in [0.05, 0.1) is 79.6 Å². The molecule has 3 aliphatic heterocycles. The Kier molecular flexibility index (Phi) is 23.6. The summed E-state index contributed by atoms with van der Waals surface area (Å²) >= 11 is 0. The van der Waals surface area contributed by atoms with Gasteiger partial charge in [0.15, 0.2) is 12.1 Å². The molecular weight excluding hydrogens is 851 g/mol. The second kappa shape index (κ2) is 27.4. The number of hydrogen-bond donors (Lipinski definition) is 12. The van der Waals surface area contributed by atoms with Crippen LogP contribution in [0.3, 0.4) is 0 Å². The molecule has 2 saturated heterocycles. The molecule has 2 bridgehead atoms. The van der Waals surface area contributed by atoms with Crippen LogP contribution in [0, 0.1) is 17.8 Å². The number of aliphatic hydroxyl groups excluding tert-OH is 9. The fraction of sp³-hybridized carbons (Fsp3) is 0.660. The van der Waals surface area contributed by atoms with Crippen molar-refractivity contribution in [3.8, 4) is 0 Å². The molecule has 2 unspecified atom stereocenters. The van der Waals surface area contributed by atoms with E-state index in [2.05, 4.69) is 0 Å². The van der Waals surface area contributed by atoms with Crippen molar-refractivity contribution in [1.82, 2.24) is 0 Å². The first-order valence-electron chi connectivity index (χ1n) is 22.3. The van der Waals surface area contributed by atoms with Crippen molar-refractivity contribution in [3.63, 3.8) is 0 Å². The predicted octanol–water partition coefficient (Wildman–Crippen LogP) is 0.712. The standard InChI is InChI=1S/C47H73NO17/c1-27-17-15-13-11-9-7-5-6-8-10-12-14-16-18-34(64-46-44(58)41(48)43(57)30(4)63-46)24-38-40(45(59)60)37(54)26-47(61,65-38)25-33(51)22-36(53)35(52)20-19-31(49)21-32(50)23-39(55)62-29(3)28(2)42(27)56/h5-18,27-38,40-44,46,49-54,56-58,61H,19-26,48H2,1-4H3,(H,59,60)/b6-5+,9-7+,10-8+,13-11+,14-12+,17-15+,18-16+/t27-,28-,29-,30+,31+,32+,33-,34-,35+,36+,37-,38?,40+,41-,42+,43+,44+,46?,47+/m0/s1. The van der Waals surface area contributed by atoms with Gasteiger partial charge in [0.25, 0.3) is 0 Å². The van der Waals surface area contributed by atoms with E-state index < -0.39 is 147 Å². The lowest BCUT2D eigenvalue weighted by molar-refractivity contribution is -0.308. The minimum Gasteiger partial charge on any atom is -0.481 e. The Morgan fingerprint density at radius 1 is 0.662 bits per heavy atom. The zero-order valence-corrected chi connectivity index (χ0v) is 37.6. The average molecular weight is 924 g/mol. The molecule has 3 aliphatic rings. The summed E-state index contributed by atoms with van der Waals surface area (Å²) in [4.78, 5) is 25.1. The number of carbonyl (C=O) groups is 2. The van der Waals surface area contributed by atoms with Crippen LogP contribution in [0.25, 0.3) is 0 Å². The molecule has 19 atom stereocenters. The van der Waals surface area contributed by atoms with E-state index in [1.807, 2.05) is 19.1 Å². The molecule has 3 rings (SSSR count). The van der Waals surface area contributed by atoms with E-state index >= 15 is 0 Å². The molecule has 13 N–H and O–H groups in total. The molecule has 0 spiro atoms. The molecule has 18 nitrogen and oxygen atoms in total. The number of allylic oxidation sites excluding steroid dienone is 12. The maximum atomic E-state index is 12.6. The molecular formula is C47H73NO17. The minimum atomic E-state index is -2.33. The first-order chi connectivity index (χ1) is 30.6. The molecule has 0 radical (unpaired) electrons. The number of cyclic esters (lactones) is 1. The highest BCUT2D eigenvalue weighted by atomic mass is 16.7. The molecule has 368 valence electrons. The number of fused-ring (bicyclic) bond motifs is 2. The highest BCUT2D eigenvalue weighted by molar-refractivity contribution is 5.71. The van der Waals surface area contributed by atoms with Crippen molar-refractivity contribution >= 4 is 11.9 Å². The Bertz CT molecular complexity index is 1670. The van der Waals surface area contributed by atoms with Gasteiger partial charge in [0, 0.05) is 37.5 Å². The van der Waals surface area contributed by atoms with Crippen molar-refractivity contribution in [1.29, 1.82) is 0 Å². The van der Waals surface area contributed by atoms with Crippen LogP contribution in [0.1, 0.15) is 79.1 Å². The molecule has 0 saturated carbocycles. The number of aliphatic hydroxyl groups is 10. The summed E-state index contributed by atoms with van der Waals surface area (Å²) in [5.74, 6) is -6.83. The van der Waals surface area contributed by atoms with Gasteiger partial charge in [-0.1, -0.05) is 98.9 Å². The van der Waals surface area contributed by atoms with Crippen LogP contribution in [0.15, 0.2) is 85.1 Å². The van der Waals surface area contributed by atoms with Gasteiger partial charge < -0.3 is 80.9 Å². The fourth-order valence-corrected chi connectivity index (χ4v) is 7.97. The van der Waals surface area contributed by atoms with E-state index in [1.54, 1.807) is 80.7 Å². The summed E-state index contributed by atoms with van der Waals surface area (Å²) in [5.41, 5.74) is 6.02. The van der Waals surface area contributed by atoms with Gasteiger partial charge in [-0.15, -0.1) is 0 Å². The average Bonchev–Trinajstić information content (AvgIpc) is 3.21. The van der Waals surface area contributed by atoms with Crippen LogP contribution in [-0.2, 0) is 28.5 Å². The second-order valence-electron chi connectivity index (χ2n) is 17.6. The lowest BCUT2D eigenvalue weighted by atomic mass is 9.82. The summed E-state index contributed by atoms with van der Waals surface area (Å²) in [7, 11) is 0. The smallest absolute Gasteiger partial charge is 0.311 e. The van der Waals surface area contributed by atoms with Crippen LogP contribution in [0.2, 0.25) is 0 Å². The van der Waals surface area contributed by atoms with Crippen molar-refractivity contribution in [2.45, 2.75) is 177 Å². The number of carbonyl (C=O) groups excluding carboxylic acids is 1. The molecule has 0 amide bonds. The Hall–Kier alpha value is -3.44. The number of aliphatic carboxylic acids is 1. The first kappa shape index (κ1) is 55.9. The lowest BCUT2D eigenvalue weighted by Gasteiger charge is -2.45. The maximum absolute atomic E-state index is 12.6. The molecule has 3 heterocycles. The molecule has 2 fully saturated rings.